The van der Waals surface area contributed by atoms with Crippen molar-refractivity contribution in [3.8, 4) is 5.75 Å². The van der Waals surface area contributed by atoms with Crippen molar-refractivity contribution < 1.29 is 18.6 Å². The third-order valence-electron chi connectivity index (χ3n) is 2.45. The normalized spacial score (nSPS) is 16.5. The second-order valence-corrected chi connectivity index (χ2v) is 4.06. The van der Waals surface area contributed by atoms with Gasteiger partial charge in [0.15, 0.2) is 0 Å². The molecule has 5 heteroatoms. The predicted octanol–water partition coefficient (Wildman–Crippen LogP) is 3.57. The molecule has 0 unspecified atom stereocenters. The summed E-state index contributed by atoms with van der Waals surface area (Å²) in [4.78, 5) is 0. The van der Waals surface area contributed by atoms with E-state index in [-0.39, 0.29) is 5.02 Å². The average molecular weight is 259 g/mol. The number of halogens is 2. The Morgan fingerprint density at radius 3 is 2.59 bits per heavy atom. The molecule has 0 radical (unpaired) electrons. The highest BCUT2D eigenvalue weighted by Crippen LogP contribution is 2.39. The van der Waals surface area contributed by atoms with E-state index >= 15 is 0 Å². The van der Waals surface area contributed by atoms with Gasteiger partial charge < -0.3 is 14.2 Å². The molecule has 1 heterocycles. The standard InChI is InChI=1S/C12H12ClFO3/c1-3-15-11-7-10(14)9(13)6-8(11)12(2)16-4-5-17-12/h4-7H,3H2,1-2H3. The lowest BCUT2D eigenvalue weighted by molar-refractivity contribution is -0.134. The highest BCUT2D eigenvalue weighted by molar-refractivity contribution is 6.30. The number of benzene rings is 1. The van der Waals surface area contributed by atoms with Gasteiger partial charge in [-0.05, 0) is 13.0 Å². The zero-order valence-electron chi connectivity index (χ0n) is 9.50. The molecule has 1 aromatic carbocycles. The minimum atomic E-state index is -1.03. The van der Waals surface area contributed by atoms with Crippen molar-refractivity contribution in [1.82, 2.24) is 0 Å². The third kappa shape index (κ3) is 2.17. The van der Waals surface area contributed by atoms with Crippen LogP contribution in [0.4, 0.5) is 4.39 Å². The summed E-state index contributed by atoms with van der Waals surface area (Å²) in [6, 6.07) is 2.69. The van der Waals surface area contributed by atoms with Gasteiger partial charge in [0, 0.05) is 13.0 Å². The molecule has 17 heavy (non-hydrogen) atoms. The number of ether oxygens (including phenoxy) is 3. The summed E-state index contributed by atoms with van der Waals surface area (Å²) in [7, 11) is 0. The molecule has 0 aromatic heterocycles. The first kappa shape index (κ1) is 12.0. The Morgan fingerprint density at radius 1 is 1.35 bits per heavy atom. The molecule has 0 spiro atoms. The van der Waals surface area contributed by atoms with E-state index in [2.05, 4.69) is 0 Å². The molecule has 1 aliphatic rings. The van der Waals surface area contributed by atoms with Crippen molar-refractivity contribution >= 4 is 11.6 Å². The Balaban J connectivity index is 2.47. The van der Waals surface area contributed by atoms with Crippen molar-refractivity contribution in [3.05, 3.63) is 41.1 Å². The Hall–Kier alpha value is -1.42. The fourth-order valence-electron chi connectivity index (χ4n) is 1.63. The molecule has 0 atom stereocenters. The van der Waals surface area contributed by atoms with Gasteiger partial charge in [-0.1, -0.05) is 11.6 Å². The summed E-state index contributed by atoms with van der Waals surface area (Å²) in [5, 5.41) is 0.00350. The SMILES string of the molecule is CCOc1cc(F)c(Cl)cc1C1(C)OC=CO1. The van der Waals surface area contributed by atoms with E-state index in [1.165, 1.54) is 24.7 Å². The minimum Gasteiger partial charge on any atom is -0.493 e. The van der Waals surface area contributed by atoms with Crippen LogP contribution < -0.4 is 4.74 Å². The van der Waals surface area contributed by atoms with Gasteiger partial charge >= 0.3 is 0 Å². The number of hydrogen-bond acceptors (Lipinski definition) is 3. The van der Waals surface area contributed by atoms with Crippen LogP contribution >= 0.6 is 11.6 Å². The van der Waals surface area contributed by atoms with Crippen molar-refractivity contribution in [2.24, 2.45) is 0 Å². The van der Waals surface area contributed by atoms with Crippen molar-refractivity contribution in [2.45, 2.75) is 19.6 Å². The van der Waals surface area contributed by atoms with Gasteiger partial charge in [-0.25, -0.2) is 4.39 Å². The molecule has 1 aliphatic heterocycles. The molecule has 0 saturated heterocycles. The van der Waals surface area contributed by atoms with Crippen LogP contribution in [-0.4, -0.2) is 6.61 Å². The van der Waals surface area contributed by atoms with Crippen LogP contribution in [0.1, 0.15) is 19.4 Å². The third-order valence-corrected chi connectivity index (χ3v) is 2.74. The number of hydrogen-bond donors (Lipinski definition) is 0. The van der Waals surface area contributed by atoms with Gasteiger partial charge in [-0.2, -0.15) is 0 Å². The summed E-state index contributed by atoms with van der Waals surface area (Å²) in [6.45, 7) is 3.93. The zero-order chi connectivity index (χ0) is 12.5. The molecular formula is C12H12ClFO3. The van der Waals surface area contributed by atoms with E-state index < -0.39 is 11.6 Å². The second-order valence-electron chi connectivity index (χ2n) is 3.65. The molecule has 0 bridgehead atoms. The summed E-state index contributed by atoms with van der Waals surface area (Å²) in [5.74, 6) is -1.20. The van der Waals surface area contributed by atoms with Crippen LogP contribution in [0.3, 0.4) is 0 Å². The van der Waals surface area contributed by atoms with Crippen LogP contribution in [0.25, 0.3) is 0 Å². The van der Waals surface area contributed by atoms with E-state index in [9.17, 15) is 4.39 Å². The molecule has 0 saturated carbocycles. The molecule has 1 aromatic rings. The molecular weight excluding hydrogens is 247 g/mol. The Bertz CT molecular complexity index is 451. The second kappa shape index (κ2) is 4.45. The van der Waals surface area contributed by atoms with Gasteiger partial charge in [0.1, 0.15) is 24.1 Å². The van der Waals surface area contributed by atoms with Gasteiger partial charge in [0.2, 0.25) is 0 Å². The van der Waals surface area contributed by atoms with E-state index in [1.54, 1.807) is 6.92 Å². The maximum Gasteiger partial charge on any atom is 0.277 e. The summed E-state index contributed by atoms with van der Waals surface area (Å²) in [5.41, 5.74) is 0.552. The van der Waals surface area contributed by atoms with E-state index in [4.69, 9.17) is 25.8 Å². The molecule has 0 aliphatic carbocycles. The van der Waals surface area contributed by atoms with Crippen molar-refractivity contribution in [1.29, 1.82) is 0 Å². The summed E-state index contributed by atoms with van der Waals surface area (Å²) >= 11 is 5.76. The highest BCUT2D eigenvalue weighted by Gasteiger charge is 2.36. The maximum atomic E-state index is 13.4. The topological polar surface area (TPSA) is 27.7 Å². The lowest BCUT2D eigenvalue weighted by Crippen LogP contribution is -2.23. The van der Waals surface area contributed by atoms with Crippen LogP contribution in [-0.2, 0) is 15.3 Å². The predicted molar refractivity (Wildman–Crippen MR) is 61.2 cm³/mol. The largest absolute Gasteiger partial charge is 0.493 e. The first-order valence-electron chi connectivity index (χ1n) is 5.20. The van der Waals surface area contributed by atoms with Crippen LogP contribution in [0.15, 0.2) is 24.7 Å². The molecule has 0 amide bonds. The lowest BCUT2D eigenvalue weighted by Gasteiger charge is -2.25. The number of rotatable bonds is 3. The highest BCUT2D eigenvalue weighted by atomic mass is 35.5. The average Bonchev–Trinajstić information content (AvgIpc) is 2.72. The van der Waals surface area contributed by atoms with Gasteiger partial charge in [0.05, 0.1) is 17.2 Å². The van der Waals surface area contributed by atoms with E-state index in [1.807, 2.05) is 6.92 Å². The summed E-state index contributed by atoms with van der Waals surface area (Å²) in [6.07, 6.45) is 2.85. The zero-order valence-corrected chi connectivity index (χ0v) is 10.3. The first-order valence-corrected chi connectivity index (χ1v) is 5.57. The van der Waals surface area contributed by atoms with Gasteiger partial charge in [0.25, 0.3) is 5.79 Å². The van der Waals surface area contributed by atoms with Crippen molar-refractivity contribution in [2.75, 3.05) is 6.61 Å². The molecule has 3 nitrogen and oxygen atoms in total. The Kier molecular flexibility index (Phi) is 3.15. The minimum absolute atomic E-state index is 0.00350. The van der Waals surface area contributed by atoms with Crippen LogP contribution in [0, 0.1) is 5.82 Å². The van der Waals surface area contributed by atoms with Crippen molar-refractivity contribution in [3.63, 3.8) is 0 Å². The summed E-state index contributed by atoms with van der Waals surface area (Å²) < 4.78 is 29.4. The quantitative estimate of drug-likeness (QED) is 0.830. The molecule has 0 N–H and O–H groups in total. The Morgan fingerprint density at radius 2 is 2.00 bits per heavy atom. The van der Waals surface area contributed by atoms with Gasteiger partial charge in [-0.3, -0.25) is 0 Å². The first-order chi connectivity index (χ1) is 8.07. The fraction of sp³-hybridized carbons (Fsp3) is 0.333. The van der Waals surface area contributed by atoms with Gasteiger partial charge in [-0.15, -0.1) is 0 Å². The monoisotopic (exact) mass is 258 g/mol. The Labute approximate surface area is 104 Å². The smallest absolute Gasteiger partial charge is 0.277 e. The van der Waals surface area contributed by atoms with Crippen LogP contribution in [0.5, 0.6) is 5.75 Å². The van der Waals surface area contributed by atoms with E-state index in [0.717, 1.165) is 0 Å². The maximum absolute atomic E-state index is 13.4. The lowest BCUT2D eigenvalue weighted by atomic mass is 10.1. The fourth-order valence-corrected chi connectivity index (χ4v) is 1.79. The molecule has 92 valence electrons. The molecule has 2 rings (SSSR count). The van der Waals surface area contributed by atoms with E-state index in [0.29, 0.717) is 17.9 Å². The molecule has 0 fully saturated rings. The van der Waals surface area contributed by atoms with Crippen LogP contribution in [0.2, 0.25) is 5.02 Å².